The number of aliphatic imine (C=N–C) groups is 1. The van der Waals surface area contributed by atoms with Gasteiger partial charge in [-0.25, -0.2) is 8.78 Å². The smallest absolute Gasteiger partial charge is 0.190 e. The van der Waals surface area contributed by atoms with E-state index < -0.39 is 11.6 Å². The molecule has 0 spiro atoms. The van der Waals surface area contributed by atoms with Crippen molar-refractivity contribution in [2.24, 2.45) is 10.9 Å². The van der Waals surface area contributed by atoms with Gasteiger partial charge in [-0.05, 0) is 42.3 Å². The lowest BCUT2D eigenvalue weighted by Gasteiger charge is -2.19. The second-order valence-electron chi connectivity index (χ2n) is 6.41. The van der Waals surface area contributed by atoms with Crippen molar-refractivity contribution in [2.75, 3.05) is 38.1 Å². The third-order valence-electron chi connectivity index (χ3n) is 4.58. The summed E-state index contributed by atoms with van der Waals surface area (Å²) in [6.07, 6.45) is 1.99. The molecule has 1 aromatic carbocycles. The van der Waals surface area contributed by atoms with Crippen LogP contribution in [0.25, 0.3) is 0 Å². The zero-order valence-electron chi connectivity index (χ0n) is 15.3. The first-order chi connectivity index (χ1) is 12.7. The summed E-state index contributed by atoms with van der Waals surface area (Å²) in [6, 6.07) is 8.30. The van der Waals surface area contributed by atoms with Crippen LogP contribution in [0.3, 0.4) is 0 Å². The first kappa shape index (κ1) is 21.9. The van der Waals surface area contributed by atoms with Gasteiger partial charge < -0.3 is 15.5 Å². The largest absolute Gasteiger partial charge is 0.371 e. The minimum Gasteiger partial charge on any atom is -0.371 e. The summed E-state index contributed by atoms with van der Waals surface area (Å²) in [4.78, 5) is 7.71. The van der Waals surface area contributed by atoms with Gasteiger partial charge in [-0.1, -0.05) is 6.07 Å². The van der Waals surface area contributed by atoms with Crippen LogP contribution in [-0.2, 0) is 6.42 Å². The highest BCUT2D eigenvalue weighted by Crippen LogP contribution is 2.24. The highest BCUT2D eigenvalue weighted by atomic mass is 127. The molecular weight excluding hydrogens is 481 g/mol. The molecule has 2 aromatic rings. The first-order valence-electron chi connectivity index (χ1n) is 8.82. The van der Waals surface area contributed by atoms with Crippen molar-refractivity contribution < 1.29 is 8.78 Å². The number of guanidine groups is 1. The number of rotatable bonds is 6. The molecule has 0 bridgehead atoms. The van der Waals surface area contributed by atoms with Gasteiger partial charge in [0.15, 0.2) is 17.6 Å². The van der Waals surface area contributed by atoms with Crippen molar-refractivity contribution in [2.45, 2.75) is 12.8 Å². The Bertz CT molecular complexity index is 739. The molecule has 0 radical (unpaired) electrons. The summed E-state index contributed by atoms with van der Waals surface area (Å²) in [5.41, 5.74) is 0.741. The molecule has 2 N–H and O–H groups in total. The van der Waals surface area contributed by atoms with Crippen molar-refractivity contribution in [3.63, 3.8) is 0 Å². The Hall–Kier alpha value is -1.42. The topological polar surface area (TPSA) is 39.7 Å². The van der Waals surface area contributed by atoms with Crippen molar-refractivity contribution in [3.05, 3.63) is 52.2 Å². The fourth-order valence-electron chi connectivity index (χ4n) is 3.14. The molecule has 2 heterocycles. The molecule has 3 rings (SSSR count). The molecule has 1 aromatic heterocycles. The fourth-order valence-corrected chi connectivity index (χ4v) is 3.85. The van der Waals surface area contributed by atoms with Crippen LogP contribution in [0.4, 0.5) is 14.5 Å². The van der Waals surface area contributed by atoms with E-state index in [-0.39, 0.29) is 24.0 Å². The first-order valence-corrected chi connectivity index (χ1v) is 9.70. The zero-order valence-corrected chi connectivity index (χ0v) is 18.4. The second-order valence-corrected chi connectivity index (χ2v) is 7.44. The van der Waals surface area contributed by atoms with E-state index in [0.29, 0.717) is 5.92 Å². The van der Waals surface area contributed by atoms with Gasteiger partial charge in [0.05, 0.1) is 0 Å². The van der Waals surface area contributed by atoms with Crippen LogP contribution in [-0.4, -0.2) is 39.2 Å². The lowest BCUT2D eigenvalue weighted by atomic mass is 10.1. The molecule has 1 aliphatic heterocycles. The molecule has 1 aliphatic rings. The summed E-state index contributed by atoms with van der Waals surface area (Å²) >= 11 is 1.76. The van der Waals surface area contributed by atoms with Crippen molar-refractivity contribution in [1.29, 1.82) is 0 Å². The molecule has 8 heteroatoms. The molecule has 148 valence electrons. The molecule has 0 saturated carbocycles. The van der Waals surface area contributed by atoms with Gasteiger partial charge in [0, 0.05) is 49.9 Å². The predicted molar refractivity (Wildman–Crippen MR) is 119 cm³/mol. The van der Waals surface area contributed by atoms with Crippen molar-refractivity contribution in [3.8, 4) is 0 Å². The van der Waals surface area contributed by atoms with Crippen LogP contribution in [0, 0.1) is 17.6 Å². The molecular formula is C19H25F2IN4S. The van der Waals surface area contributed by atoms with E-state index >= 15 is 0 Å². The Morgan fingerprint density at radius 2 is 2.11 bits per heavy atom. The summed E-state index contributed by atoms with van der Waals surface area (Å²) in [7, 11) is 1.77. The van der Waals surface area contributed by atoms with Crippen LogP contribution < -0.4 is 15.5 Å². The number of thiophene rings is 1. The number of anilines is 1. The van der Waals surface area contributed by atoms with E-state index in [0.717, 1.165) is 50.7 Å². The molecule has 1 saturated heterocycles. The average molecular weight is 506 g/mol. The third-order valence-corrected chi connectivity index (χ3v) is 5.52. The van der Waals surface area contributed by atoms with Gasteiger partial charge in [-0.2, -0.15) is 0 Å². The summed E-state index contributed by atoms with van der Waals surface area (Å²) in [5, 5.41) is 8.78. The van der Waals surface area contributed by atoms with Gasteiger partial charge in [-0.15, -0.1) is 35.3 Å². The number of nitrogens with zero attached hydrogens (tertiary/aromatic N) is 2. The van der Waals surface area contributed by atoms with Gasteiger partial charge in [0.25, 0.3) is 0 Å². The van der Waals surface area contributed by atoms with Crippen LogP contribution in [0.2, 0.25) is 0 Å². The molecule has 1 unspecified atom stereocenters. The number of halogens is 3. The highest BCUT2D eigenvalue weighted by molar-refractivity contribution is 14.0. The van der Waals surface area contributed by atoms with E-state index in [1.807, 2.05) is 0 Å². The number of hydrogen-bond acceptors (Lipinski definition) is 3. The van der Waals surface area contributed by atoms with Gasteiger partial charge in [-0.3, -0.25) is 4.99 Å². The number of benzene rings is 1. The maximum Gasteiger partial charge on any atom is 0.190 e. The Morgan fingerprint density at radius 3 is 2.81 bits per heavy atom. The Morgan fingerprint density at radius 1 is 1.26 bits per heavy atom. The van der Waals surface area contributed by atoms with Gasteiger partial charge in [0.2, 0.25) is 0 Å². The standard InChI is InChI=1S/C19H24F2N4S.HI/c1-22-19(23-8-6-16-3-2-10-26-16)24-12-14-7-9-25(13-14)15-4-5-17(20)18(21)11-15;/h2-5,10-11,14H,6-9,12-13H2,1H3,(H2,22,23,24);1H. The Kier molecular flexibility index (Phi) is 8.75. The zero-order chi connectivity index (χ0) is 18.4. The van der Waals surface area contributed by atoms with E-state index in [1.165, 1.54) is 17.0 Å². The normalized spacial score (nSPS) is 16.9. The maximum absolute atomic E-state index is 13.4. The molecule has 0 amide bonds. The summed E-state index contributed by atoms with van der Waals surface area (Å²) in [6.45, 7) is 3.32. The number of hydrogen-bond donors (Lipinski definition) is 2. The van der Waals surface area contributed by atoms with Gasteiger partial charge >= 0.3 is 0 Å². The van der Waals surface area contributed by atoms with Crippen LogP contribution >= 0.6 is 35.3 Å². The number of nitrogens with one attached hydrogen (secondary N) is 2. The lowest BCUT2D eigenvalue weighted by molar-refractivity contribution is 0.508. The second kappa shape index (κ2) is 10.8. The quantitative estimate of drug-likeness (QED) is 0.355. The molecule has 1 fully saturated rings. The Balaban J connectivity index is 0.00000261. The SMILES string of the molecule is CN=C(NCCc1cccs1)NCC1CCN(c2ccc(F)c(F)c2)C1.I. The van der Waals surface area contributed by atoms with Crippen molar-refractivity contribution in [1.82, 2.24) is 10.6 Å². The van der Waals surface area contributed by atoms with E-state index in [2.05, 4.69) is 38.0 Å². The van der Waals surface area contributed by atoms with E-state index in [1.54, 1.807) is 24.5 Å². The summed E-state index contributed by atoms with van der Waals surface area (Å²) < 4.78 is 26.5. The van der Waals surface area contributed by atoms with Gasteiger partial charge in [0.1, 0.15) is 0 Å². The monoisotopic (exact) mass is 506 g/mol. The minimum atomic E-state index is -0.802. The third kappa shape index (κ3) is 6.31. The van der Waals surface area contributed by atoms with E-state index in [9.17, 15) is 8.78 Å². The highest BCUT2D eigenvalue weighted by Gasteiger charge is 2.23. The molecule has 4 nitrogen and oxygen atoms in total. The predicted octanol–water partition coefficient (Wildman–Crippen LogP) is 3.88. The molecule has 1 atom stereocenters. The average Bonchev–Trinajstić information content (AvgIpc) is 3.32. The van der Waals surface area contributed by atoms with Crippen molar-refractivity contribution >= 4 is 47.0 Å². The lowest BCUT2D eigenvalue weighted by Crippen LogP contribution is -2.41. The molecule has 0 aliphatic carbocycles. The van der Waals surface area contributed by atoms with Crippen LogP contribution in [0.15, 0.2) is 40.7 Å². The minimum absolute atomic E-state index is 0. The van der Waals surface area contributed by atoms with Crippen LogP contribution in [0.5, 0.6) is 0 Å². The van der Waals surface area contributed by atoms with E-state index in [4.69, 9.17) is 0 Å². The summed E-state index contributed by atoms with van der Waals surface area (Å²) in [5.74, 6) is -0.352. The fraction of sp³-hybridized carbons (Fsp3) is 0.421. The molecule has 27 heavy (non-hydrogen) atoms. The maximum atomic E-state index is 13.4. The Labute approximate surface area is 180 Å². The van der Waals surface area contributed by atoms with Crippen LogP contribution in [0.1, 0.15) is 11.3 Å².